The van der Waals surface area contributed by atoms with Crippen LogP contribution in [0.15, 0.2) is 77.9 Å². The number of fused-ring (bicyclic) bond motifs is 2. The van der Waals surface area contributed by atoms with Crippen molar-refractivity contribution in [3.63, 3.8) is 0 Å². The highest BCUT2D eigenvalue weighted by Gasteiger charge is 2.28. The molecule has 0 aliphatic carbocycles. The largest absolute Gasteiger partial charge is 0.359 e. The number of anilines is 1. The molecular weight excluding hydrogens is 688 g/mol. The summed E-state index contributed by atoms with van der Waals surface area (Å²) in [6.45, 7) is 4.69. The molecule has 6 heterocycles. The first kappa shape index (κ1) is 35.0. The van der Waals surface area contributed by atoms with Gasteiger partial charge >= 0.3 is 0 Å². The van der Waals surface area contributed by atoms with Crippen LogP contribution in [0.1, 0.15) is 54.8 Å². The van der Waals surface area contributed by atoms with Crippen molar-refractivity contribution in [2.75, 3.05) is 31.6 Å². The lowest BCUT2D eigenvalue weighted by Gasteiger charge is -2.33. The molecule has 4 N–H and O–H groups in total. The average molecular weight is 731 g/mol. The van der Waals surface area contributed by atoms with Crippen LogP contribution in [-0.4, -0.2) is 64.9 Å². The van der Waals surface area contributed by atoms with Crippen molar-refractivity contribution in [3.8, 4) is 33.5 Å². The van der Waals surface area contributed by atoms with E-state index in [0.717, 1.165) is 82.8 Å². The van der Waals surface area contributed by atoms with Gasteiger partial charge in [-0.2, -0.15) is 0 Å². The lowest BCUT2D eigenvalue weighted by molar-refractivity contribution is -0.120. The molecule has 0 saturated carbocycles. The minimum absolute atomic E-state index is 0.0741. The van der Waals surface area contributed by atoms with E-state index in [1.807, 2.05) is 36.4 Å². The highest BCUT2D eigenvalue weighted by atomic mass is 35.5. The van der Waals surface area contributed by atoms with Gasteiger partial charge in [0.25, 0.3) is 5.56 Å². The van der Waals surface area contributed by atoms with Crippen molar-refractivity contribution >= 4 is 34.9 Å². The molecule has 2 saturated heterocycles. The Bertz CT molecular complexity index is 2290. The summed E-state index contributed by atoms with van der Waals surface area (Å²) in [5.74, 6) is 1.14. The maximum Gasteiger partial charge on any atom is 0.262 e. The fraction of sp³-hybridized carbons (Fsp3) is 0.341. The van der Waals surface area contributed by atoms with Crippen LogP contribution in [0.2, 0.25) is 5.02 Å². The molecule has 3 aromatic heterocycles. The van der Waals surface area contributed by atoms with Gasteiger partial charge in [-0.3, -0.25) is 18.8 Å². The van der Waals surface area contributed by atoms with Crippen LogP contribution in [0.5, 0.6) is 0 Å². The van der Waals surface area contributed by atoms with Gasteiger partial charge in [-0.1, -0.05) is 54.1 Å². The number of nitrogens with zero attached hydrogens (tertiary/aromatic N) is 4. The molecule has 2 aromatic carbocycles. The average Bonchev–Trinajstić information content (AvgIpc) is 3.79. The van der Waals surface area contributed by atoms with E-state index < -0.39 is 0 Å². The molecule has 3 aliphatic rings. The molecular formula is C41H43ClN8O3. The number of halogens is 1. The van der Waals surface area contributed by atoms with Gasteiger partial charge in [0.2, 0.25) is 11.8 Å². The number of aromatic nitrogens is 3. The number of pyridine rings is 2. The molecule has 0 bridgehead atoms. The predicted molar refractivity (Wildman–Crippen MR) is 208 cm³/mol. The Hall–Kier alpha value is -5.10. The maximum absolute atomic E-state index is 13.3. The standard InChI is InChI=1S/C41H43ClN8O3/c1-24-29(25-15-18-50-36(19-25)45-21-26(41(50)53)20-43-22-27-9-13-37(51)46-27)5-3-6-30(24)31-7-4-8-32(39(31)42)35-12-11-33-34(16-17-49(2)40(33)48-35)44-23-28-10-14-38(52)47-28/h3-8,11-12,15,18-19,21,27-28,34,43-44H,9-10,13-14,16-17,20,22-23H2,1-2H3,(H,46,51)(H,47,52). The second-order valence-electron chi connectivity index (χ2n) is 14.4. The van der Waals surface area contributed by atoms with Gasteiger partial charge in [0, 0.05) is 98.8 Å². The summed E-state index contributed by atoms with van der Waals surface area (Å²) in [5.41, 5.74) is 8.80. The van der Waals surface area contributed by atoms with E-state index in [4.69, 9.17) is 16.6 Å². The number of benzene rings is 2. The molecule has 0 radical (unpaired) electrons. The third-order valence-corrected chi connectivity index (χ3v) is 11.3. The zero-order valence-corrected chi connectivity index (χ0v) is 30.7. The summed E-state index contributed by atoms with van der Waals surface area (Å²) in [4.78, 5) is 48.5. The van der Waals surface area contributed by atoms with Crippen LogP contribution >= 0.6 is 11.6 Å². The molecule has 8 rings (SSSR count). The van der Waals surface area contributed by atoms with Crippen molar-refractivity contribution in [3.05, 3.63) is 105 Å². The summed E-state index contributed by atoms with van der Waals surface area (Å²) >= 11 is 7.25. The molecule has 3 atom stereocenters. The Morgan fingerprint density at radius 2 is 1.58 bits per heavy atom. The van der Waals surface area contributed by atoms with Crippen molar-refractivity contribution in [1.29, 1.82) is 0 Å². The van der Waals surface area contributed by atoms with Crippen molar-refractivity contribution in [1.82, 2.24) is 35.6 Å². The first-order valence-corrected chi connectivity index (χ1v) is 18.8. The highest BCUT2D eigenvalue weighted by molar-refractivity contribution is 6.36. The summed E-state index contributed by atoms with van der Waals surface area (Å²) in [6, 6.07) is 20.8. The number of hydrogen-bond donors (Lipinski definition) is 4. The van der Waals surface area contributed by atoms with E-state index in [2.05, 4.69) is 69.4 Å². The summed E-state index contributed by atoms with van der Waals surface area (Å²) in [5, 5.41) is 13.6. The third-order valence-electron chi connectivity index (χ3n) is 10.9. The van der Waals surface area contributed by atoms with Crippen LogP contribution in [0.3, 0.4) is 0 Å². The van der Waals surface area contributed by atoms with Crippen molar-refractivity contribution in [2.45, 2.75) is 63.7 Å². The minimum atomic E-state index is -0.119. The van der Waals surface area contributed by atoms with E-state index in [1.165, 1.54) is 0 Å². The Kier molecular flexibility index (Phi) is 9.72. The normalized spacial score (nSPS) is 19.8. The molecule has 2 fully saturated rings. The molecule has 272 valence electrons. The Balaban J connectivity index is 1.03. The first-order chi connectivity index (χ1) is 25.7. The van der Waals surface area contributed by atoms with E-state index >= 15 is 0 Å². The van der Waals surface area contributed by atoms with Crippen LogP contribution in [0, 0.1) is 6.92 Å². The maximum atomic E-state index is 13.3. The van der Waals surface area contributed by atoms with Gasteiger partial charge in [0.15, 0.2) is 0 Å². The molecule has 12 heteroatoms. The third kappa shape index (κ3) is 7.04. The zero-order chi connectivity index (χ0) is 36.6. The summed E-state index contributed by atoms with van der Waals surface area (Å²) in [6.07, 6.45) is 7.19. The molecule has 3 unspecified atom stereocenters. The van der Waals surface area contributed by atoms with Gasteiger partial charge in [0.1, 0.15) is 11.5 Å². The first-order valence-electron chi connectivity index (χ1n) is 18.4. The van der Waals surface area contributed by atoms with Crippen LogP contribution in [-0.2, 0) is 16.1 Å². The van der Waals surface area contributed by atoms with Crippen LogP contribution in [0.25, 0.3) is 39.2 Å². The lowest BCUT2D eigenvalue weighted by Crippen LogP contribution is -2.40. The number of amides is 2. The molecule has 2 amide bonds. The molecule has 0 spiro atoms. The minimum Gasteiger partial charge on any atom is -0.359 e. The second kappa shape index (κ2) is 14.7. The zero-order valence-electron chi connectivity index (χ0n) is 29.9. The van der Waals surface area contributed by atoms with Gasteiger partial charge in [-0.25, -0.2) is 9.97 Å². The molecule has 53 heavy (non-hydrogen) atoms. The Morgan fingerprint density at radius 1 is 0.868 bits per heavy atom. The van der Waals surface area contributed by atoms with Crippen molar-refractivity contribution in [2.24, 2.45) is 0 Å². The number of carbonyl (C=O) groups is 2. The SMILES string of the molecule is Cc1c(-c2ccn3c(=O)c(CNCC4CCC(=O)N4)cnc3c2)cccc1-c1cccc(-c2ccc3c(n2)N(C)CCC3NCC2CCC(=O)N2)c1Cl. The van der Waals surface area contributed by atoms with E-state index in [9.17, 15) is 14.4 Å². The number of hydrogen-bond acceptors (Lipinski definition) is 8. The van der Waals surface area contributed by atoms with Gasteiger partial charge in [-0.15, -0.1) is 0 Å². The van der Waals surface area contributed by atoms with Gasteiger partial charge in [0.05, 0.1) is 10.7 Å². The topological polar surface area (TPSA) is 133 Å². The van der Waals surface area contributed by atoms with E-state index in [0.29, 0.717) is 42.2 Å². The molecule has 11 nitrogen and oxygen atoms in total. The predicted octanol–water partition coefficient (Wildman–Crippen LogP) is 5.17. The number of carbonyl (C=O) groups excluding carboxylic acids is 2. The van der Waals surface area contributed by atoms with Gasteiger partial charge in [-0.05, 0) is 66.6 Å². The van der Waals surface area contributed by atoms with Gasteiger partial charge < -0.3 is 26.2 Å². The highest BCUT2D eigenvalue weighted by Crippen LogP contribution is 2.41. The quantitative estimate of drug-likeness (QED) is 0.155. The fourth-order valence-corrected chi connectivity index (χ4v) is 8.21. The number of rotatable bonds is 10. The van der Waals surface area contributed by atoms with Crippen molar-refractivity contribution < 1.29 is 9.59 Å². The lowest BCUT2D eigenvalue weighted by atomic mass is 9.91. The summed E-state index contributed by atoms with van der Waals surface area (Å²) < 4.78 is 1.58. The van der Waals surface area contributed by atoms with E-state index in [-0.39, 0.29) is 35.5 Å². The second-order valence-corrected chi connectivity index (χ2v) is 14.8. The fourth-order valence-electron chi connectivity index (χ4n) is 7.89. The summed E-state index contributed by atoms with van der Waals surface area (Å²) in [7, 11) is 2.07. The van der Waals surface area contributed by atoms with Crippen LogP contribution < -0.4 is 31.7 Å². The molecule has 5 aromatic rings. The Morgan fingerprint density at radius 3 is 2.34 bits per heavy atom. The smallest absolute Gasteiger partial charge is 0.262 e. The van der Waals surface area contributed by atoms with Crippen LogP contribution in [0.4, 0.5) is 5.82 Å². The Labute approximate surface area is 313 Å². The molecule has 3 aliphatic heterocycles. The monoisotopic (exact) mass is 730 g/mol. The number of nitrogens with one attached hydrogen (secondary N) is 4. The van der Waals surface area contributed by atoms with E-state index in [1.54, 1.807) is 16.8 Å².